The van der Waals surface area contributed by atoms with Crippen molar-refractivity contribution in [3.63, 3.8) is 0 Å². The second-order valence-corrected chi connectivity index (χ2v) is 5.08. The van der Waals surface area contributed by atoms with Crippen LogP contribution in [0.4, 0.5) is 0 Å². The normalized spacial score (nSPS) is 11.1. The van der Waals surface area contributed by atoms with Crippen LogP contribution < -0.4 is 0 Å². The largest absolute Gasteiger partial charge is 0.481 e. The predicted molar refractivity (Wildman–Crippen MR) is 74.5 cm³/mol. The number of fused-ring (bicyclic) bond motifs is 1. The van der Waals surface area contributed by atoms with Gasteiger partial charge in [0.2, 0.25) is 5.82 Å². The second-order valence-electron chi connectivity index (χ2n) is 4.14. The number of rotatable bonds is 4. The first kappa shape index (κ1) is 12.7. The number of thioether (sulfide) groups is 1. The number of aliphatic carboxylic acids is 1. The van der Waals surface area contributed by atoms with E-state index in [0.29, 0.717) is 16.7 Å². The summed E-state index contributed by atoms with van der Waals surface area (Å²) >= 11 is 1.13. The van der Waals surface area contributed by atoms with Crippen molar-refractivity contribution in [3.8, 4) is 11.5 Å². The Bertz CT molecular complexity index is 779. The van der Waals surface area contributed by atoms with Gasteiger partial charge in [-0.15, -0.1) is 5.10 Å². The number of benzene rings is 1. The first-order valence-corrected chi connectivity index (χ1v) is 6.83. The highest BCUT2D eigenvalue weighted by molar-refractivity contribution is 7.99. The van der Waals surface area contributed by atoms with Crippen molar-refractivity contribution in [3.05, 3.63) is 24.3 Å². The van der Waals surface area contributed by atoms with E-state index in [1.807, 2.05) is 24.3 Å². The molecule has 0 unspecified atom stereocenters. The fraction of sp³-hybridized carbons (Fsp3) is 0.167. The summed E-state index contributed by atoms with van der Waals surface area (Å²) in [4.78, 5) is 14.9. The number of aromatic amines is 1. The Kier molecular flexibility index (Phi) is 3.15. The Hall–Kier alpha value is -2.35. The maximum absolute atomic E-state index is 10.6. The lowest BCUT2D eigenvalue weighted by atomic mass is 10.2. The number of carboxylic acids is 1. The molecule has 2 N–H and O–H groups in total. The van der Waals surface area contributed by atoms with Gasteiger partial charge < -0.3 is 5.11 Å². The number of nitrogens with one attached hydrogen (secondary N) is 1. The van der Waals surface area contributed by atoms with E-state index in [2.05, 4.69) is 20.3 Å². The van der Waals surface area contributed by atoms with Gasteiger partial charge in [-0.05, 0) is 6.07 Å². The van der Waals surface area contributed by atoms with E-state index in [1.165, 1.54) is 0 Å². The van der Waals surface area contributed by atoms with Gasteiger partial charge in [0.25, 0.3) is 0 Å². The van der Waals surface area contributed by atoms with Crippen LogP contribution in [0.15, 0.2) is 29.4 Å². The van der Waals surface area contributed by atoms with Crippen molar-refractivity contribution < 1.29 is 9.90 Å². The molecule has 0 aliphatic rings. The maximum Gasteiger partial charge on any atom is 0.313 e. The summed E-state index contributed by atoms with van der Waals surface area (Å²) in [5.74, 6) is -0.449. The van der Waals surface area contributed by atoms with E-state index < -0.39 is 5.97 Å². The number of aromatic nitrogens is 5. The van der Waals surface area contributed by atoms with Gasteiger partial charge in [0, 0.05) is 12.4 Å². The van der Waals surface area contributed by atoms with Crippen LogP contribution in [0, 0.1) is 0 Å². The molecule has 3 aromatic rings. The smallest absolute Gasteiger partial charge is 0.313 e. The van der Waals surface area contributed by atoms with Crippen LogP contribution in [-0.4, -0.2) is 41.8 Å². The first-order valence-electron chi connectivity index (χ1n) is 5.84. The molecule has 20 heavy (non-hydrogen) atoms. The van der Waals surface area contributed by atoms with Gasteiger partial charge in [-0.2, -0.15) is 10.1 Å². The highest BCUT2D eigenvalue weighted by Crippen LogP contribution is 2.25. The summed E-state index contributed by atoms with van der Waals surface area (Å²) in [5, 5.41) is 21.6. The molecule has 2 heterocycles. The molecule has 0 spiro atoms. The third kappa shape index (κ3) is 2.25. The van der Waals surface area contributed by atoms with Crippen molar-refractivity contribution in [1.82, 2.24) is 25.0 Å². The average molecular weight is 289 g/mol. The lowest BCUT2D eigenvalue weighted by Crippen LogP contribution is -2.00. The van der Waals surface area contributed by atoms with E-state index in [1.54, 1.807) is 11.7 Å². The minimum Gasteiger partial charge on any atom is -0.481 e. The number of para-hydroxylation sites is 1. The van der Waals surface area contributed by atoms with Gasteiger partial charge >= 0.3 is 5.97 Å². The number of aryl methyl sites for hydroxylation is 1. The van der Waals surface area contributed by atoms with Gasteiger partial charge in [-0.25, -0.2) is 4.68 Å². The zero-order valence-corrected chi connectivity index (χ0v) is 11.4. The Morgan fingerprint density at radius 3 is 3.05 bits per heavy atom. The molecule has 2 aromatic heterocycles. The number of carboxylic acid groups (broad SMARTS) is 1. The third-order valence-corrected chi connectivity index (χ3v) is 3.73. The van der Waals surface area contributed by atoms with E-state index in [0.717, 1.165) is 22.7 Å². The summed E-state index contributed by atoms with van der Waals surface area (Å²) in [6, 6.07) is 7.71. The van der Waals surface area contributed by atoms with Crippen LogP contribution in [0.5, 0.6) is 0 Å². The molecule has 0 atom stereocenters. The average Bonchev–Trinajstić information content (AvgIpc) is 3.00. The number of hydrogen-bond donors (Lipinski definition) is 2. The van der Waals surface area contributed by atoms with Gasteiger partial charge in [-0.3, -0.25) is 9.89 Å². The Morgan fingerprint density at radius 1 is 1.45 bits per heavy atom. The van der Waals surface area contributed by atoms with Gasteiger partial charge in [0.15, 0.2) is 5.16 Å². The molecular weight excluding hydrogens is 278 g/mol. The third-order valence-electron chi connectivity index (χ3n) is 2.73. The molecule has 0 saturated heterocycles. The van der Waals surface area contributed by atoms with Crippen molar-refractivity contribution >= 4 is 28.6 Å². The van der Waals surface area contributed by atoms with Crippen molar-refractivity contribution in [2.75, 3.05) is 5.75 Å². The van der Waals surface area contributed by atoms with Crippen LogP contribution in [0.3, 0.4) is 0 Å². The van der Waals surface area contributed by atoms with Crippen molar-refractivity contribution in [2.45, 2.75) is 5.16 Å². The topological polar surface area (TPSA) is 96.7 Å². The van der Waals surface area contributed by atoms with Crippen molar-refractivity contribution in [1.29, 1.82) is 0 Å². The van der Waals surface area contributed by atoms with Crippen LogP contribution in [0.25, 0.3) is 22.4 Å². The summed E-state index contributed by atoms with van der Waals surface area (Å²) in [6.45, 7) is 0. The zero-order chi connectivity index (χ0) is 14.1. The van der Waals surface area contributed by atoms with Gasteiger partial charge in [-0.1, -0.05) is 30.0 Å². The molecule has 0 aliphatic heterocycles. The number of nitrogens with zero attached hydrogens (tertiary/aromatic N) is 4. The molecule has 0 fully saturated rings. The molecule has 0 aliphatic carbocycles. The monoisotopic (exact) mass is 289 g/mol. The van der Waals surface area contributed by atoms with Gasteiger partial charge in [0.1, 0.15) is 5.69 Å². The molecule has 1 aromatic carbocycles. The van der Waals surface area contributed by atoms with E-state index in [-0.39, 0.29) is 5.75 Å². The standard InChI is InChI=1S/C12H11N5O2S/c1-17-12(20-6-9(18)19)13-11(16-17)10-7-4-2-3-5-8(7)14-15-10/h2-5H,6H2,1H3,(H,14,15)(H,18,19). The minimum atomic E-state index is -0.884. The fourth-order valence-corrected chi connectivity index (χ4v) is 2.49. The summed E-state index contributed by atoms with van der Waals surface area (Å²) in [5.41, 5.74) is 1.58. The fourth-order valence-electron chi connectivity index (χ4n) is 1.86. The van der Waals surface area contributed by atoms with Crippen LogP contribution in [0.1, 0.15) is 0 Å². The highest BCUT2D eigenvalue weighted by atomic mass is 32.2. The maximum atomic E-state index is 10.6. The molecular formula is C12H11N5O2S. The Morgan fingerprint density at radius 2 is 2.25 bits per heavy atom. The van der Waals surface area contributed by atoms with Gasteiger partial charge in [0.05, 0.1) is 11.3 Å². The molecule has 102 valence electrons. The molecule has 8 heteroatoms. The predicted octanol–water partition coefficient (Wildman–Crippen LogP) is 1.54. The number of carbonyl (C=O) groups is 1. The van der Waals surface area contributed by atoms with E-state index in [4.69, 9.17) is 5.11 Å². The molecule has 0 saturated carbocycles. The van der Waals surface area contributed by atoms with E-state index in [9.17, 15) is 4.79 Å². The van der Waals surface area contributed by atoms with E-state index >= 15 is 0 Å². The molecule has 0 amide bonds. The zero-order valence-electron chi connectivity index (χ0n) is 10.6. The Balaban J connectivity index is 1.98. The summed E-state index contributed by atoms with van der Waals surface area (Å²) < 4.78 is 1.56. The number of H-pyrrole nitrogens is 1. The van der Waals surface area contributed by atoms with Crippen LogP contribution in [0.2, 0.25) is 0 Å². The summed E-state index contributed by atoms with van der Waals surface area (Å²) in [6.07, 6.45) is 0. The molecule has 7 nitrogen and oxygen atoms in total. The summed E-state index contributed by atoms with van der Waals surface area (Å²) in [7, 11) is 1.73. The Labute approximate surface area is 118 Å². The minimum absolute atomic E-state index is 0.0483. The lowest BCUT2D eigenvalue weighted by Gasteiger charge is -1.94. The van der Waals surface area contributed by atoms with Crippen LogP contribution in [-0.2, 0) is 11.8 Å². The number of hydrogen-bond acceptors (Lipinski definition) is 5. The molecule has 0 bridgehead atoms. The SMILES string of the molecule is Cn1nc(-c2n[nH]c3ccccc23)nc1SCC(=O)O. The first-order chi connectivity index (χ1) is 9.65. The lowest BCUT2D eigenvalue weighted by molar-refractivity contribution is -0.133. The quantitative estimate of drug-likeness (QED) is 0.707. The van der Waals surface area contributed by atoms with Crippen LogP contribution >= 0.6 is 11.8 Å². The highest BCUT2D eigenvalue weighted by Gasteiger charge is 2.15. The molecule has 3 rings (SSSR count). The van der Waals surface area contributed by atoms with Crippen molar-refractivity contribution in [2.24, 2.45) is 7.05 Å². The molecule has 0 radical (unpaired) electrons. The second kappa shape index (κ2) is 4.97.